The average Bonchev–Trinajstić information content (AvgIpc) is 3.14. The zero-order valence-corrected chi connectivity index (χ0v) is 18.4. The highest BCUT2D eigenvalue weighted by Crippen LogP contribution is 2.36. The van der Waals surface area contributed by atoms with Gasteiger partial charge in [-0.1, -0.05) is 42.5 Å². The zero-order valence-electron chi connectivity index (χ0n) is 18.4. The number of benzene rings is 2. The third-order valence-electron chi connectivity index (χ3n) is 6.38. The van der Waals surface area contributed by atoms with Gasteiger partial charge in [-0.15, -0.1) is 0 Å². The summed E-state index contributed by atoms with van der Waals surface area (Å²) in [6.45, 7) is 2.84. The fraction of sp³-hybridized carbons (Fsp3) is 0.333. The molecule has 7 nitrogen and oxygen atoms in total. The maximum atomic E-state index is 13.4. The van der Waals surface area contributed by atoms with Crippen LogP contribution >= 0.6 is 0 Å². The average molecular weight is 472 g/mol. The molecule has 2 heterocycles. The first-order valence-electron chi connectivity index (χ1n) is 10.8. The van der Waals surface area contributed by atoms with Crippen molar-refractivity contribution in [2.75, 3.05) is 13.1 Å². The minimum Gasteiger partial charge on any atom is -0.342 e. The minimum atomic E-state index is -5.11. The molecule has 2 N–H and O–H groups in total. The van der Waals surface area contributed by atoms with E-state index in [9.17, 15) is 27.6 Å². The van der Waals surface area contributed by atoms with Gasteiger partial charge in [-0.25, -0.2) is 0 Å². The van der Waals surface area contributed by atoms with Gasteiger partial charge in [-0.3, -0.25) is 19.8 Å². The monoisotopic (exact) mass is 472 g/mol. The summed E-state index contributed by atoms with van der Waals surface area (Å²) in [4.78, 5) is 40.0. The van der Waals surface area contributed by atoms with Gasteiger partial charge in [-0.05, 0) is 23.6 Å². The largest absolute Gasteiger partial charge is 0.471 e. The molecule has 0 aromatic heterocycles. The summed E-state index contributed by atoms with van der Waals surface area (Å²) in [5.74, 6) is -3.38. The lowest BCUT2D eigenvalue weighted by Gasteiger charge is -2.42. The summed E-state index contributed by atoms with van der Waals surface area (Å²) >= 11 is 0. The number of hydrogen-bond acceptors (Lipinski definition) is 4. The number of rotatable bonds is 3. The highest BCUT2D eigenvalue weighted by molar-refractivity contribution is 6.09. The molecule has 1 fully saturated rings. The molecule has 2 aliphatic heterocycles. The van der Waals surface area contributed by atoms with Crippen LogP contribution in [0, 0.1) is 5.41 Å². The number of likely N-dealkylation sites (tertiary alicyclic amines) is 1. The molecule has 0 radical (unpaired) electrons. The molecule has 4 rings (SSSR count). The molecular formula is C24H23F3N4O3. The Morgan fingerprint density at radius 3 is 2.47 bits per heavy atom. The highest BCUT2D eigenvalue weighted by Gasteiger charge is 2.41. The van der Waals surface area contributed by atoms with Gasteiger partial charge in [0.15, 0.2) is 0 Å². The van der Waals surface area contributed by atoms with Crippen molar-refractivity contribution in [3.05, 3.63) is 70.8 Å². The molecule has 0 saturated carbocycles. The Morgan fingerprint density at radius 2 is 1.82 bits per heavy atom. The van der Waals surface area contributed by atoms with Crippen LogP contribution in [0.1, 0.15) is 46.3 Å². The first-order valence-corrected chi connectivity index (χ1v) is 10.8. The van der Waals surface area contributed by atoms with Gasteiger partial charge in [0.2, 0.25) is 5.91 Å². The molecule has 1 saturated heterocycles. The van der Waals surface area contributed by atoms with Crippen LogP contribution in [0.15, 0.2) is 48.5 Å². The Labute approximate surface area is 194 Å². The van der Waals surface area contributed by atoms with Crippen molar-refractivity contribution in [3.63, 3.8) is 0 Å². The van der Waals surface area contributed by atoms with Crippen LogP contribution in [-0.4, -0.2) is 58.7 Å². The summed E-state index contributed by atoms with van der Waals surface area (Å²) in [7, 11) is 0. The Balaban J connectivity index is 1.58. The highest BCUT2D eigenvalue weighted by atomic mass is 19.4. The first-order chi connectivity index (χ1) is 16.1. The lowest BCUT2D eigenvalue weighted by molar-refractivity contribution is -0.171. The molecule has 3 amide bonds. The van der Waals surface area contributed by atoms with E-state index < -0.39 is 17.9 Å². The third kappa shape index (κ3) is 4.52. The number of carbonyl (C=O) groups is 3. The number of halogens is 3. The predicted octanol–water partition coefficient (Wildman–Crippen LogP) is 3.05. The summed E-state index contributed by atoms with van der Waals surface area (Å²) in [5.41, 5.74) is 2.02. The lowest BCUT2D eigenvalue weighted by atomic mass is 9.85. The maximum Gasteiger partial charge on any atom is 0.471 e. The summed E-state index contributed by atoms with van der Waals surface area (Å²) < 4.78 is 37.6. The van der Waals surface area contributed by atoms with Crippen LogP contribution in [-0.2, 0) is 16.1 Å². The van der Waals surface area contributed by atoms with Crippen molar-refractivity contribution in [1.82, 2.24) is 15.1 Å². The Hall–Kier alpha value is -3.69. The number of fused-ring (bicyclic) bond motifs is 1. The molecule has 0 aliphatic carbocycles. The smallest absolute Gasteiger partial charge is 0.342 e. The minimum absolute atomic E-state index is 0.0116. The topological polar surface area (TPSA) is 93.6 Å². The lowest BCUT2D eigenvalue weighted by Crippen LogP contribution is -2.51. The number of nitrogens with one attached hydrogen (secondary N) is 2. The van der Waals surface area contributed by atoms with Crippen LogP contribution in [0.25, 0.3) is 0 Å². The molecule has 0 bridgehead atoms. The standard InChI is InChI=1S/C24H23F3N4O3/c1-14(32)30-10-9-20(19(13-30)15-5-3-2-4-6-15)31-12-17-8-7-16(11-18(17)22(31)33)21(28)29-23(34)24(25,26)27/h2-8,11,19-20H,9-10,12-13H2,1H3,(H2,28,29,34)/t19?,20-/m1/s1. The van der Waals surface area contributed by atoms with E-state index in [0.717, 1.165) is 5.56 Å². The van der Waals surface area contributed by atoms with Gasteiger partial charge in [0, 0.05) is 49.6 Å². The van der Waals surface area contributed by atoms with Crippen LogP contribution in [0.4, 0.5) is 13.2 Å². The SMILES string of the molecule is CC(=O)N1CC[C@@H](N2Cc3ccc(C(=N)NC(=O)C(F)(F)F)cc3C2=O)C(c2ccccc2)C1. The normalized spacial score (nSPS) is 20.2. The number of nitrogens with zero attached hydrogens (tertiary/aromatic N) is 2. The van der Waals surface area contributed by atoms with Gasteiger partial charge in [-0.2, -0.15) is 13.2 Å². The van der Waals surface area contributed by atoms with E-state index >= 15 is 0 Å². The van der Waals surface area contributed by atoms with Crippen molar-refractivity contribution in [2.24, 2.45) is 0 Å². The van der Waals surface area contributed by atoms with Gasteiger partial charge < -0.3 is 15.1 Å². The molecular weight excluding hydrogens is 449 g/mol. The summed E-state index contributed by atoms with van der Waals surface area (Å²) in [6, 6.07) is 13.8. The maximum absolute atomic E-state index is 13.4. The first kappa shape index (κ1) is 23.5. The number of carbonyl (C=O) groups excluding carboxylic acids is 3. The van der Waals surface area contributed by atoms with Crippen molar-refractivity contribution >= 4 is 23.6 Å². The molecule has 178 valence electrons. The van der Waals surface area contributed by atoms with E-state index in [0.29, 0.717) is 37.2 Å². The number of amides is 3. The second-order valence-corrected chi connectivity index (χ2v) is 8.47. The summed E-state index contributed by atoms with van der Waals surface area (Å²) in [6.07, 6.45) is -4.53. The molecule has 34 heavy (non-hydrogen) atoms. The third-order valence-corrected chi connectivity index (χ3v) is 6.38. The summed E-state index contributed by atoms with van der Waals surface area (Å²) in [5, 5.41) is 9.34. The molecule has 2 aliphatic rings. The van der Waals surface area contributed by atoms with E-state index in [1.165, 1.54) is 24.4 Å². The fourth-order valence-corrected chi connectivity index (χ4v) is 4.63. The Kier molecular flexibility index (Phi) is 6.16. The fourth-order valence-electron chi connectivity index (χ4n) is 4.63. The van der Waals surface area contributed by atoms with E-state index in [2.05, 4.69) is 0 Å². The predicted molar refractivity (Wildman–Crippen MR) is 117 cm³/mol. The van der Waals surface area contributed by atoms with Crippen molar-refractivity contribution in [3.8, 4) is 0 Å². The van der Waals surface area contributed by atoms with Crippen LogP contribution in [0.5, 0.6) is 0 Å². The van der Waals surface area contributed by atoms with Gasteiger partial charge in [0.1, 0.15) is 5.84 Å². The second kappa shape index (κ2) is 8.92. The molecule has 2 aromatic rings. The van der Waals surface area contributed by atoms with Crippen LogP contribution < -0.4 is 5.32 Å². The quantitative estimate of drug-likeness (QED) is 0.531. The Bertz CT molecular complexity index is 1150. The van der Waals surface area contributed by atoms with Crippen molar-refractivity contribution in [2.45, 2.75) is 38.0 Å². The number of hydrogen-bond donors (Lipinski definition) is 2. The zero-order chi connectivity index (χ0) is 24.6. The number of piperidine rings is 1. The van der Waals surface area contributed by atoms with Gasteiger partial charge in [0.25, 0.3) is 5.91 Å². The molecule has 2 atom stereocenters. The van der Waals surface area contributed by atoms with Gasteiger partial charge >= 0.3 is 12.1 Å². The molecule has 10 heteroatoms. The Morgan fingerprint density at radius 1 is 1.12 bits per heavy atom. The van der Waals surface area contributed by atoms with E-state index in [4.69, 9.17) is 5.41 Å². The molecule has 2 aromatic carbocycles. The molecule has 0 spiro atoms. The van der Waals surface area contributed by atoms with Crippen LogP contribution in [0.3, 0.4) is 0 Å². The van der Waals surface area contributed by atoms with Crippen molar-refractivity contribution in [1.29, 1.82) is 5.41 Å². The number of alkyl halides is 3. The number of amidine groups is 1. The van der Waals surface area contributed by atoms with Crippen molar-refractivity contribution < 1.29 is 27.6 Å². The van der Waals surface area contributed by atoms with E-state index in [1.807, 2.05) is 30.3 Å². The van der Waals surface area contributed by atoms with Gasteiger partial charge in [0.05, 0.1) is 0 Å². The molecule has 1 unspecified atom stereocenters. The van der Waals surface area contributed by atoms with E-state index in [-0.39, 0.29) is 29.3 Å². The van der Waals surface area contributed by atoms with Crippen LogP contribution in [0.2, 0.25) is 0 Å². The van der Waals surface area contributed by atoms with E-state index in [1.54, 1.807) is 15.9 Å². The second-order valence-electron chi connectivity index (χ2n) is 8.47.